The Morgan fingerprint density at radius 2 is 1.88 bits per heavy atom. The maximum Gasteiger partial charge on any atom is 0.340 e. The second kappa shape index (κ2) is 9.03. The van der Waals surface area contributed by atoms with Crippen LogP contribution in [0.15, 0.2) is 40.5 Å². The summed E-state index contributed by atoms with van der Waals surface area (Å²) in [4.78, 5) is 28.9. The van der Waals surface area contributed by atoms with E-state index in [2.05, 4.69) is 4.90 Å². The summed E-state index contributed by atoms with van der Waals surface area (Å²) >= 11 is 0. The monoisotopic (exact) mass is 469 g/mol. The van der Waals surface area contributed by atoms with Crippen molar-refractivity contribution in [2.24, 2.45) is 5.73 Å². The smallest absolute Gasteiger partial charge is 0.340 e. The number of fused-ring (bicyclic) bond motifs is 2. The molecule has 180 valence electrons. The van der Waals surface area contributed by atoms with Gasteiger partial charge in [0.2, 0.25) is 12.7 Å². The number of pyridine rings is 1. The number of benzene rings is 1. The van der Waals surface area contributed by atoms with Gasteiger partial charge in [0.1, 0.15) is 11.3 Å². The minimum absolute atomic E-state index is 0.0783. The second-order valence-corrected chi connectivity index (χ2v) is 8.39. The van der Waals surface area contributed by atoms with Crippen LogP contribution in [0.2, 0.25) is 0 Å². The second-order valence-electron chi connectivity index (χ2n) is 8.39. The molecule has 0 saturated carbocycles. The molecule has 1 saturated heterocycles. The maximum absolute atomic E-state index is 13.9. The SMILES string of the molecule is COC(=O)C1=C(N)Oc2cc(C)n(CCN3CCOCC3)c(=O)c2[C@H]1c1ccc2c(c1)OCO2. The van der Waals surface area contributed by atoms with Crippen molar-refractivity contribution in [1.82, 2.24) is 9.47 Å². The molecular weight excluding hydrogens is 442 g/mol. The van der Waals surface area contributed by atoms with E-state index in [1.807, 2.05) is 6.92 Å². The van der Waals surface area contributed by atoms with Crippen LogP contribution in [-0.2, 0) is 20.8 Å². The van der Waals surface area contributed by atoms with E-state index >= 15 is 0 Å². The molecule has 4 heterocycles. The van der Waals surface area contributed by atoms with Gasteiger partial charge in [0.05, 0.1) is 31.8 Å². The quantitative estimate of drug-likeness (QED) is 0.643. The van der Waals surface area contributed by atoms with Gasteiger partial charge in [-0.15, -0.1) is 0 Å². The molecule has 10 nitrogen and oxygen atoms in total. The van der Waals surface area contributed by atoms with Crippen LogP contribution in [-0.4, -0.2) is 62.2 Å². The summed E-state index contributed by atoms with van der Waals surface area (Å²) in [7, 11) is 1.27. The Balaban J connectivity index is 1.60. The molecule has 0 spiro atoms. The van der Waals surface area contributed by atoms with Crippen LogP contribution >= 0.6 is 0 Å². The maximum atomic E-state index is 13.9. The van der Waals surface area contributed by atoms with E-state index in [9.17, 15) is 9.59 Å². The van der Waals surface area contributed by atoms with Crippen molar-refractivity contribution in [2.75, 3.05) is 46.8 Å². The number of aryl methyl sites for hydroxylation is 1. The molecule has 0 radical (unpaired) electrons. The number of carbonyl (C=O) groups is 1. The van der Waals surface area contributed by atoms with E-state index in [0.717, 1.165) is 18.8 Å². The number of morpholine rings is 1. The molecule has 1 atom stereocenters. The molecule has 0 bridgehead atoms. The highest BCUT2D eigenvalue weighted by Crippen LogP contribution is 2.44. The zero-order chi connectivity index (χ0) is 23.8. The normalized spacial score (nSPS) is 19.5. The highest BCUT2D eigenvalue weighted by atomic mass is 16.7. The van der Waals surface area contributed by atoms with Crippen LogP contribution in [0, 0.1) is 6.92 Å². The van der Waals surface area contributed by atoms with Crippen molar-refractivity contribution in [2.45, 2.75) is 19.4 Å². The summed E-state index contributed by atoms with van der Waals surface area (Å²) < 4.78 is 28.9. The molecular formula is C24H27N3O7. The first kappa shape index (κ1) is 22.3. The molecule has 0 amide bonds. The Labute approximate surface area is 196 Å². The minimum atomic E-state index is -0.784. The number of carbonyl (C=O) groups excluding carboxylic acids is 1. The summed E-state index contributed by atoms with van der Waals surface area (Å²) in [6.45, 7) is 6.20. The predicted molar refractivity (Wildman–Crippen MR) is 121 cm³/mol. The molecule has 34 heavy (non-hydrogen) atoms. The number of methoxy groups -OCH3 is 1. The lowest BCUT2D eigenvalue weighted by Gasteiger charge is -2.30. The third-order valence-corrected chi connectivity index (χ3v) is 6.45. The average Bonchev–Trinajstić information content (AvgIpc) is 3.31. The summed E-state index contributed by atoms with van der Waals surface area (Å²) in [5.74, 6) is -0.0727. The lowest BCUT2D eigenvalue weighted by molar-refractivity contribution is -0.136. The first-order valence-electron chi connectivity index (χ1n) is 11.2. The molecule has 1 fully saturated rings. The van der Waals surface area contributed by atoms with Crippen molar-refractivity contribution in [3.05, 3.63) is 62.9 Å². The van der Waals surface area contributed by atoms with Crippen LogP contribution < -0.4 is 25.5 Å². The molecule has 2 N–H and O–H groups in total. The van der Waals surface area contributed by atoms with E-state index in [1.165, 1.54) is 7.11 Å². The number of rotatable bonds is 5. The van der Waals surface area contributed by atoms with Crippen molar-refractivity contribution >= 4 is 5.97 Å². The van der Waals surface area contributed by atoms with Crippen molar-refractivity contribution in [3.63, 3.8) is 0 Å². The zero-order valence-corrected chi connectivity index (χ0v) is 19.2. The Morgan fingerprint density at radius 3 is 2.65 bits per heavy atom. The van der Waals surface area contributed by atoms with Gasteiger partial charge in [0.25, 0.3) is 5.56 Å². The summed E-state index contributed by atoms with van der Waals surface area (Å²) in [5.41, 5.74) is 7.75. The van der Waals surface area contributed by atoms with Crippen molar-refractivity contribution in [3.8, 4) is 17.2 Å². The fraction of sp³-hybridized carbons (Fsp3) is 0.417. The molecule has 1 aromatic heterocycles. The summed E-state index contributed by atoms with van der Waals surface area (Å²) in [5, 5.41) is 0. The van der Waals surface area contributed by atoms with Crippen LogP contribution in [0.5, 0.6) is 17.2 Å². The molecule has 2 aromatic rings. The van der Waals surface area contributed by atoms with Crippen LogP contribution in [0.4, 0.5) is 0 Å². The van der Waals surface area contributed by atoms with Crippen LogP contribution in [0.3, 0.4) is 0 Å². The van der Waals surface area contributed by atoms with E-state index in [4.69, 9.17) is 29.4 Å². The fourth-order valence-electron chi connectivity index (χ4n) is 4.67. The van der Waals surface area contributed by atoms with E-state index < -0.39 is 11.9 Å². The Morgan fingerprint density at radius 1 is 1.12 bits per heavy atom. The van der Waals surface area contributed by atoms with Crippen LogP contribution in [0.25, 0.3) is 0 Å². The number of ether oxygens (including phenoxy) is 5. The number of hydrogen-bond acceptors (Lipinski definition) is 9. The minimum Gasteiger partial charge on any atom is -0.465 e. The van der Waals surface area contributed by atoms with Gasteiger partial charge in [-0.2, -0.15) is 0 Å². The number of nitrogens with zero attached hydrogens (tertiary/aromatic N) is 2. The zero-order valence-electron chi connectivity index (χ0n) is 19.2. The number of nitrogens with two attached hydrogens (primary N) is 1. The van der Waals surface area contributed by atoms with Gasteiger partial charge in [-0.05, 0) is 24.6 Å². The largest absolute Gasteiger partial charge is 0.465 e. The molecule has 0 aliphatic carbocycles. The molecule has 10 heteroatoms. The van der Waals surface area contributed by atoms with E-state index in [0.29, 0.717) is 54.7 Å². The van der Waals surface area contributed by atoms with Gasteiger partial charge in [-0.1, -0.05) is 6.07 Å². The summed E-state index contributed by atoms with van der Waals surface area (Å²) in [6, 6.07) is 7.09. The molecule has 1 aromatic carbocycles. The number of esters is 1. The average molecular weight is 469 g/mol. The van der Waals surface area contributed by atoms with Crippen molar-refractivity contribution < 1.29 is 28.5 Å². The van der Waals surface area contributed by atoms with Crippen molar-refractivity contribution in [1.29, 1.82) is 0 Å². The molecule has 0 unspecified atom stereocenters. The fourth-order valence-corrected chi connectivity index (χ4v) is 4.67. The lowest BCUT2D eigenvalue weighted by atomic mass is 9.83. The first-order valence-corrected chi connectivity index (χ1v) is 11.2. The Bertz CT molecular complexity index is 1210. The van der Waals surface area contributed by atoms with E-state index in [-0.39, 0.29) is 23.8 Å². The number of aromatic nitrogens is 1. The van der Waals surface area contributed by atoms with Gasteiger partial charge in [-0.25, -0.2) is 4.79 Å². The predicted octanol–water partition coefficient (Wildman–Crippen LogP) is 1.09. The van der Waals surface area contributed by atoms with Gasteiger partial charge >= 0.3 is 5.97 Å². The molecule has 3 aliphatic rings. The van der Waals surface area contributed by atoms with Gasteiger partial charge in [0.15, 0.2) is 11.5 Å². The highest BCUT2D eigenvalue weighted by molar-refractivity contribution is 5.92. The van der Waals surface area contributed by atoms with Crippen LogP contribution in [0.1, 0.15) is 22.7 Å². The molecule has 3 aliphatic heterocycles. The first-order chi connectivity index (χ1) is 16.5. The topological polar surface area (TPSA) is 114 Å². The third-order valence-electron chi connectivity index (χ3n) is 6.45. The van der Waals surface area contributed by atoms with Gasteiger partial charge in [-0.3, -0.25) is 9.69 Å². The standard InChI is InChI=1S/C24H27N3O7/c1-14-11-18-20(23(28)27(14)6-5-26-7-9-31-10-8-26)19(21(22(25)34-18)24(29)30-2)15-3-4-16-17(12-15)33-13-32-16/h3-4,11-12,19H,5-10,13,25H2,1-2H3/t19-/m1/s1. The number of hydrogen-bond donors (Lipinski definition) is 1. The Kier molecular flexibility index (Phi) is 5.93. The third kappa shape index (κ3) is 3.88. The van der Waals surface area contributed by atoms with E-state index in [1.54, 1.807) is 28.8 Å². The summed E-state index contributed by atoms with van der Waals surface area (Å²) in [6.07, 6.45) is 0. The highest BCUT2D eigenvalue weighted by Gasteiger charge is 2.39. The molecule has 5 rings (SSSR count). The van der Waals surface area contributed by atoms with Gasteiger partial charge in [0, 0.05) is 37.9 Å². The Hall–Kier alpha value is -3.50. The van der Waals surface area contributed by atoms with Gasteiger partial charge < -0.3 is 34.0 Å². The lowest BCUT2D eigenvalue weighted by Crippen LogP contribution is -2.40.